The Morgan fingerprint density at radius 2 is 1.97 bits per heavy atom. The number of anilines is 2. The molecule has 1 saturated heterocycles. The van der Waals surface area contributed by atoms with Gasteiger partial charge in [0.25, 0.3) is 5.91 Å². The zero-order valence-electron chi connectivity index (χ0n) is 18.0. The molecule has 1 aromatic carbocycles. The van der Waals surface area contributed by atoms with E-state index in [4.69, 9.17) is 4.99 Å². The van der Waals surface area contributed by atoms with Crippen LogP contribution in [0.15, 0.2) is 47.8 Å². The lowest BCUT2D eigenvalue weighted by atomic mass is 9.83. The summed E-state index contributed by atoms with van der Waals surface area (Å²) in [6.45, 7) is 1.35. The number of benzene rings is 1. The van der Waals surface area contributed by atoms with E-state index in [9.17, 15) is 4.79 Å². The van der Waals surface area contributed by atoms with Crippen molar-refractivity contribution in [1.82, 2.24) is 19.9 Å². The van der Waals surface area contributed by atoms with Gasteiger partial charge < -0.3 is 20.5 Å². The average Bonchev–Trinajstić information content (AvgIpc) is 3.51. The Hall–Kier alpha value is -3.42. The van der Waals surface area contributed by atoms with E-state index in [1.54, 1.807) is 12.5 Å². The van der Waals surface area contributed by atoms with E-state index in [1.165, 1.54) is 12.8 Å². The first-order valence-corrected chi connectivity index (χ1v) is 11.5. The number of amides is 1. The second-order valence-electron chi connectivity index (χ2n) is 9.07. The van der Waals surface area contributed by atoms with Crippen molar-refractivity contribution in [2.24, 2.45) is 4.99 Å². The number of rotatable bonds is 2. The standard InChI is InChI=1S/C24H27N7O/c32-22(16-7-8-18-20(14-16)27-15-26-18)31-12-9-24(10-13-31)23(28-17-4-1-2-5-17)29-21-19(30-24)6-3-11-25-21/h3,6-8,11,14-15,17,30H,1-2,4-5,9-10,12-13H2,(H,26,27)(H,25,28,29). The first-order chi connectivity index (χ1) is 15.7. The van der Waals surface area contributed by atoms with Gasteiger partial charge in [0.15, 0.2) is 5.82 Å². The van der Waals surface area contributed by atoms with E-state index in [2.05, 4.69) is 31.7 Å². The molecule has 0 radical (unpaired) electrons. The summed E-state index contributed by atoms with van der Waals surface area (Å²) in [6.07, 6.45) is 9.86. The quantitative estimate of drug-likeness (QED) is 0.575. The summed E-state index contributed by atoms with van der Waals surface area (Å²) < 4.78 is 0. The summed E-state index contributed by atoms with van der Waals surface area (Å²) in [5.41, 5.74) is 3.17. The molecule has 0 bridgehead atoms. The minimum Gasteiger partial charge on any atom is -0.370 e. The number of nitrogens with one attached hydrogen (secondary N) is 3. The van der Waals surface area contributed by atoms with Crippen molar-refractivity contribution in [1.29, 1.82) is 0 Å². The van der Waals surface area contributed by atoms with Gasteiger partial charge in [-0.15, -0.1) is 0 Å². The number of aromatic amines is 1. The number of carbonyl (C=O) groups is 1. The highest BCUT2D eigenvalue weighted by atomic mass is 16.2. The molecular weight excluding hydrogens is 402 g/mol. The molecule has 1 amide bonds. The van der Waals surface area contributed by atoms with Crippen molar-refractivity contribution in [3.8, 4) is 0 Å². The maximum Gasteiger partial charge on any atom is 0.253 e. The van der Waals surface area contributed by atoms with E-state index in [-0.39, 0.29) is 11.4 Å². The van der Waals surface area contributed by atoms with Crippen LogP contribution < -0.4 is 10.6 Å². The summed E-state index contributed by atoms with van der Waals surface area (Å²) in [7, 11) is 0. The Morgan fingerprint density at radius 1 is 1.12 bits per heavy atom. The summed E-state index contributed by atoms with van der Waals surface area (Å²) in [5.74, 6) is 1.89. The van der Waals surface area contributed by atoms with Crippen LogP contribution in [-0.2, 0) is 0 Å². The third kappa shape index (κ3) is 3.30. The Labute approximate surface area is 186 Å². The Morgan fingerprint density at radius 3 is 2.81 bits per heavy atom. The SMILES string of the molecule is O=C(c1ccc2nc[nH]c2c1)N1CCC2(CC1)Nc1cccnc1NC2=NC1CCCC1. The van der Waals surface area contributed by atoms with Crippen molar-refractivity contribution >= 4 is 34.3 Å². The number of fused-ring (bicyclic) bond motifs is 2. The number of aromatic nitrogens is 3. The number of pyridine rings is 1. The molecule has 4 heterocycles. The van der Waals surface area contributed by atoms with Gasteiger partial charge in [-0.3, -0.25) is 9.79 Å². The van der Waals surface area contributed by atoms with Crippen LogP contribution >= 0.6 is 0 Å². The van der Waals surface area contributed by atoms with E-state index in [0.717, 1.165) is 54.1 Å². The molecule has 1 spiro atoms. The summed E-state index contributed by atoms with van der Waals surface area (Å²) in [5, 5.41) is 7.29. The predicted octanol–water partition coefficient (Wildman–Crippen LogP) is 3.81. The number of amidine groups is 1. The molecule has 3 aliphatic rings. The van der Waals surface area contributed by atoms with Crippen LogP contribution in [0.2, 0.25) is 0 Å². The van der Waals surface area contributed by atoms with Gasteiger partial charge in [-0.2, -0.15) is 0 Å². The maximum atomic E-state index is 13.2. The monoisotopic (exact) mass is 429 g/mol. The number of likely N-dealkylation sites (tertiary alicyclic amines) is 1. The van der Waals surface area contributed by atoms with Crippen LogP contribution in [0.4, 0.5) is 11.5 Å². The Bertz CT molecular complexity index is 1190. The second-order valence-corrected chi connectivity index (χ2v) is 9.07. The number of imidazole rings is 1. The zero-order chi connectivity index (χ0) is 21.5. The summed E-state index contributed by atoms with van der Waals surface area (Å²) in [6, 6.07) is 10.0. The third-order valence-electron chi connectivity index (χ3n) is 7.08. The van der Waals surface area contributed by atoms with Crippen molar-refractivity contribution in [3.63, 3.8) is 0 Å². The van der Waals surface area contributed by atoms with Gasteiger partial charge in [-0.25, -0.2) is 9.97 Å². The van der Waals surface area contributed by atoms with Crippen molar-refractivity contribution in [2.45, 2.75) is 50.1 Å². The molecule has 32 heavy (non-hydrogen) atoms. The van der Waals surface area contributed by atoms with Crippen molar-refractivity contribution < 1.29 is 4.79 Å². The van der Waals surface area contributed by atoms with Gasteiger partial charge in [0, 0.05) is 24.8 Å². The van der Waals surface area contributed by atoms with Crippen LogP contribution in [-0.4, -0.2) is 56.3 Å². The Kier molecular flexibility index (Phi) is 4.59. The summed E-state index contributed by atoms with van der Waals surface area (Å²) in [4.78, 5) is 32.2. The van der Waals surface area contributed by atoms with E-state index in [1.807, 2.05) is 29.2 Å². The van der Waals surface area contributed by atoms with Crippen LogP contribution in [0.25, 0.3) is 11.0 Å². The number of H-pyrrole nitrogens is 1. The molecule has 1 saturated carbocycles. The van der Waals surface area contributed by atoms with Gasteiger partial charge in [-0.1, -0.05) is 12.8 Å². The largest absolute Gasteiger partial charge is 0.370 e. The van der Waals surface area contributed by atoms with E-state index < -0.39 is 0 Å². The number of piperidine rings is 1. The molecule has 6 rings (SSSR count). The van der Waals surface area contributed by atoms with Crippen LogP contribution in [0, 0.1) is 0 Å². The average molecular weight is 430 g/mol. The van der Waals surface area contributed by atoms with E-state index in [0.29, 0.717) is 24.7 Å². The molecule has 0 atom stereocenters. The molecule has 1 aliphatic carbocycles. The smallest absolute Gasteiger partial charge is 0.253 e. The fraction of sp³-hybridized carbons (Fsp3) is 0.417. The molecule has 3 aromatic rings. The summed E-state index contributed by atoms with van der Waals surface area (Å²) >= 11 is 0. The van der Waals surface area contributed by atoms with Gasteiger partial charge in [0.2, 0.25) is 0 Å². The first-order valence-electron chi connectivity index (χ1n) is 11.5. The van der Waals surface area contributed by atoms with Crippen LogP contribution in [0.5, 0.6) is 0 Å². The van der Waals surface area contributed by atoms with Gasteiger partial charge in [0.1, 0.15) is 5.84 Å². The molecule has 2 aromatic heterocycles. The van der Waals surface area contributed by atoms with Crippen LogP contribution in [0.3, 0.4) is 0 Å². The lowest BCUT2D eigenvalue weighted by molar-refractivity contribution is 0.0705. The molecule has 2 fully saturated rings. The molecule has 2 aliphatic heterocycles. The fourth-order valence-corrected chi connectivity index (χ4v) is 5.23. The topological polar surface area (TPSA) is 98.3 Å². The third-order valence-corrected chi connectivity index (χ3v) is 7.08. The highest BCUT2D eigenvalue weighted by Crippen LogP contribution is 2.37. The first kappa shape index (κ1) is 19.3. The van der Waals surface area contributed by atoms with Crippen molar-refractivity contribution in [2.75, 3.05) is 23.7 Å². The molecular formula is C24H27N7O. The number of nitrogens with zero attached hydrogens (tertiary/aromatic N) is 4. The van der Waals surface area contributed by atoms with Crippen molar-refractivity contribution in [3.05, 3.63) is 48.4 Å². The molecule has 8 nitrogen and oxygen atoms in total. The lowest BCUT2D eigenvalue weighted by Gasteiger charge is -2.46. The highest BCUT2D eigenvalue weighted by Gasteiger charge is 2.44. The Balaban J connectivity index is 1.25. The highest BCUT2D eigenvalue weighted by molar-refractivity contribution is 6.09. The van der Waals surface area contributed by atoms with Crippen LogP contribution in [0.1, 0.15) is 48.9 Å². The maximum absolute atomic E-state index is 13.2. The zero-order valence-corrected chi connectivity index (χ0v) is 18.0. The van der Waals surface area contributed by atoms with Gasteiger partial charge in [0.05, 0.1) is 34.6 Å². The minimum atomic E-state index is -0.289. The number of hydrogen-bond acceptors (Lipinski definition) is 5. The minimum absolute atomic E-state index is 0.0662. The lowest BCUT2D eigenvalue weighted by Crippen LogP contribution is -2.59. The molecule has 3 N–H and O–H groups in total. The predicted molar refractivity (Wildman–Crippen MR) is 125 cm³/mol. The van der Waals surface area contributed by atoms with Gasteiger partial charge >= 0.3 is 0 Å². The number of hydrogen-bond donors (Lipinski definition) is 3. The van der Waals surface area contributed by atoms with E-state index >= 15 is 0 Å². The molecule has 0 unspecified atom stereocenters. The normalized spacial score (nSPS) is 21.5. The molecule has 164 valence electrons. The number of aliphatic imine (C=N–C) groups is 1. The molecule has 8 heteroatoms. The second kappa shape index (κ2) is 7.62. The van der Waals surface area contributed by atoms with Gasteiger partial charge in [-0.05, 0) is 56.0 Å². The fourth-order valence-electron chi connectivity index (χ4n) is 5.23. The number of carbonyl (C=O) groups excluding carboxylic acids is 1.